The van der Waals surface area contributed by atoms with Gasteiger partial charge in [0, 0.05) is 50.1 Å². The number of likely N-dealkylation sites (tertiary alicyclic amines) is 1. The van der Waals surface area contributed by atoms with Crippen molar-refractivity contribution < 1.29 is 4.79 Å². The molecule has 32 heavy (non-hydrogen) atoms. The van der Waals surface area contributed by atoms with E-state index >= 15 is 0 Å². The van der Waals surface area contributed by atoms with Gasteiger partial charge in [-0.1, -0.05) is 6.92 Å². The molecule has 1 amide bonds. The Balaban J connectivity index is 1.29. The van der Waals surface area contributed by atoms with Gasteiger partial charge in [0.15, 0.2) is 0 Å². The first-order valence-corrected chi connectivity index (χ1v) is 12.4. The van der Waals surface area contributed by atoms with Crippen molar-refractivity contribution in [2.45, 2.75) is 32.1 Å². The Hall–Kier alpha value is -2.58. The average Bonchev–Trinajstić information content (AvgIpc) is 3.33. The number of nitrogens with zero attached hydrogens (tertiary/aromatic N) is 6. The van der Waals surface area contributed by atoms with Crippen LogP contribution in [0.25, 0.3) is 11.0 Å². The standard InChI is InChI=1S/C24H30N6OS/c1-3-19-4-5-21(32-19)24(31)30-8-6-17(7-9-30)22-23-20(26-16-27-22)14-18(15-25-23)29-12-10-28(2)11-13-29/h4-5,14-17H,3,6-13H2,1-2H3. The van der Waals surface area contributed by atoms with Crippen LogP contribution in [0.4, 0.5) is 5.69 Å². The molecule has 7 nitrogen and oxygen atoms in total. The van der Waals surface area contributed by atoms with Gasteiger partial charge in [0.05, 0.1) is 28.0 Å². The SMILES string of the molecule is CCc1ccc(C(=O)N2CCC(c3ncnc4cc(N5CCN(C)CC5)cnc34)CC2)s1. The maximum atomic E-state index is 12.9. The number of anilines is 1. The lowest BCUT2D eigenvalue weighted by molar-refractivity contribution is 0.0717. The molecule has 0 aromatic carbocycles. The Bertz CT molecular complexity index is 1100. The highest BCUT2D eigenvalue weighted by atomic mass is 32.1. The fraction of sp³-hybridized carbons (Fsp3) is 0.500. The van der Waals surface area contributed by atoms with Crippen molar-refractivity contribution in [1.82, 2.24) is 24.8 Å². The maximum Gasteiger partial charge on any atom is 0.263 e. The van der Waals surface area contributed by atoms with E-state index in [-0.39, 0.29) is 5.91 Å². The molecule has 2 fully saturated rings. The summed E-state index contributed by atoms with van der Waals surface area (Å²) in [6, 6.07) is 6.19. The summed E-state index contributed by atoms with van der Waals surface area (Å²) in [5.74, 6) is 0.469. The lowest BCUT2D eigenvalue weighted by atomic mass is 9.92. The summed E-state index contributed by atoms with van der Waals surface area (Å²) < 4.78 is 0. The molecule has 0 spiro atoms. The zero-order valence-electron chi connectivity index (χ0n) is 18.8. The van der Waals surface area contributed by atoms with E-state index in [0.29, 0.717) is 5.92 Å². The first-order chi connectivity index (χ1) is 15.6. The highest BCUT2D eigenvalue weighted by molar-refractivity contribution is 7.14. The van der Waals surface area contributed by atoms with Crippen molar-refractivity contribution in [2.75, 3.05) is 51.2 Å². The van der Waals surface area contributed by atoms with Crippen LogP contribution in [0, 0.1) is 0 Å². The number of aryl methyl sites for hydroxylation is 1. The minimum Gasteiger partial charge on any atom is -0.368 e. The van der Waals surface area contributed by atoms with Gasteiger partial charge in [0.25, 0.3) is 5.91 Å². The van der Waals surface area contributed by atoms with Crippen LogP contribution in [0.2, 0.25) is 0 Å². The van der Waals surface area contributed by atoms with Crippen LogP contribution in [-0.2, 0) is 6.42 Å². The summed E-state index contributed by atoms with van der Waals surface area (Å²) in [4.78, 5) is 35.7. The molecule has 2 saturated heterocycles. The Morgan fingerprint density at radius 3 is 2.56 bits per heavy atom. The van der Waals surface area contributed by atoms with E-state index < -0.39 is 0 Å². The number of hydrogen-bond donors (Lipinski definition) is 0. The Labute approximate surface area is 193 Å². The average molecular weight is 451 g/mol. The monoisotopic (exact) mass is 450 g/mol. The largest absolute Gasteiger partial charge is 0.368 e. The number of piperidine rings is 1. The third kappa shape index (κ3) is 4.21. The first kappa shape index (κ1) is 21.3. The molecule has 0 radical (unpaired) electrons. The predicted octanol–water partition coefficient (Wildman–Crippen LogP) is 3.42. The minimum absolute atomic E-state index is 0.163. The zero-order valence-corrected chi connectivity index (χ0v) is 19.6. The van der Waals surface area contributed by atoms with Gasteiger partial charge in [-0.25, -0.2) is 9.97 Å². The second-order valence-electron chi connectivity index (χ2n) is 8.80. The minimum atomic E-state index is 0.163. The van der Waals surface area contributed by atoms with Gasteiger partial charge >= 0.3 is 0 Å². The molecule has 0 saturated carbocycles. The van der Waals surface area contributed by atoms with E-state index in [0.717, 1.165) is 85.8 Å². The fourth-order valence-electron chi connectivity index (χ4n) is 4.68. The second kappa shape index (κ2) is 9.11. The van der Waals surface area contributed by atoms with Crippen LogP contribution in [0.15, 0.2) is 30.7 Å². The summed E-state index contributed by atoms with van der Waals surface area (Å²) in [5.41, 5.74) is 3.98. The fourth-order valence-corrected chi connectivity index (χ4v) is 5.60. The molecule has 0 bridgehead atoms. The molecule has 3 aromatic rings. The Morgan fingerprint density at radius 1 is 1.06 bits per heavy atom. The Kier molecular flexibility index (Phi) is 6.06. The van der Waals surface area contributed by atoms with Crippen molar-refractivity contribution >= 4 is 34.0 Å². The van der Waals surface area contributed by atoms with Crippen molar-refractivity contribution in [3.8, 4) is 0 Å². The Morgan fingerprint density at radius 2 is 1.84 bits per heavy atom. The number of carbonyl (C=O) groups excluding carboxylic acids is 1. The number of thiophene rings is 1. The van der Waals surface area contributed by atoms with E-state index in [1.165, 1.54) is 4.88 Å². The molecule has 5 heterocycles. The van der Waals surface area contributed by atoms with Crippen molar-refractivity contribution in [3.05, 3.63) is 46.2 Å². The van der Waals surface area contributed by atoms with E-state index in [9.17, 15) is 4.79 Å². The number of aromatic nitrogens is 3. The first-order valence-electron chi connectivity index (χ1n) is 11.5. The van der Waals surface area contributed by atoms with Gasteiger partial charge in [-0.15, -0.1) is 11.3 Å². The molecular formula is C24H30N6OS. The molecule has 5 rings (SSSR count). The smallest absolute Gasteiger partial charge is 0.263 e. The molecule has 8 heteroatoms. The normalized spacial score (nSPS) is 18.4. The third-order valence-corrected chi connectivity index (χ3v) is 7.97. The summed E-state index contributed by atoms with van der Waals surface area (Å²) in [5, 5.41) is 0. The number of amides is 1. The number of carbonyl (C=O) groups is 1. The number of hydrogen-bond acceptors (Lipinski definition) is 7. The highest BCUT2D eigenvalue weighted by Crippen LogP contribution is 2.32. The summed E-state index contributed by atoms with van der Waals surface area (Å²) in [6.07, 6.45) is 6.44. The van der Waals surface area contributed by atoms with Crippen LogP contribution in [0.3, 0.4) is 0 Å². The van der Waals surface area contributed by atoms with Crippen LogP contribution >= 0.6 is 11.3 Å². The molecule has 0 unspecified atom stereocenters. The van der Waals surface area contributed by atoms with Gasteiger partial charge in [0.2, 0.25) is 0 Å². The summed E-state index contributed by atoms with van der Waals surface area (Å²) in [6.45, 7) is 7.79. The lowest BCUT2D eigenvalue weighted by Gasteiger charge is -2.34. The molecule has 0 aliphatic carbocycles. The van der Waals surface area contributed by atoms with Crippen molar-refractivity contribution in [1.29, 1.82) is 0 Å². The number of likely N-dealkylation sites (N-methyl/N-ethyl adjacent to an activating group) is 1. The summed E-state index contributed by atoms with van der Waals surface area (Å²) >= 11 is 1.62. The van der Waals surface area contributed by atoms with Crippen LogP contribution < -0.4 is 4.90 Å². The van der Waals surface area contributed by atoms with Crippen molar-refractivity contribution in [3.63, 3.8) is 0 Å². The molecule has 0 N–H and O–H groups in total. The number of rotatable bonds is 4. The predicted molar refractivity (Wildman–Crippen MR) is 129 cm³/mol. The van der Waals surface area contributed by atoms with Crippen LogP contribution in [-0.4, -0.2) is 77.0 Å². The number of piperazine rings is 1. The van der Waals surface area contributed by atoms with Gasteiger partial charge in [-0.3, -0.25) is 9.78 Å². The number of fused-ring (bicyclic) bond motifs is 1. The zero-order chi connectivity index (χ0) is 22.1. The van der Waals surface area contributed by atoms with Gasteiger partial charge in [-0.05, 0) is 44.5 Å². The van der Waals surface area contributed by atoms with Crippen LogP contribution in [0.5, 0.6) is 0 Å². The molecule has 2 aliphatic rings. The maximum absolute atomic E-state index is 12.9. The molecule has 168 valence electrons. The van der Waals surface area contributed by atoms with Gasteiger partial charge in [-0.2, -0.15) is 0 Å². The van der Waals surface area contributed by atoms with E-state index in [1.54, 1.807) is 17.7 Å². The third-order valence-electron chi connectivity index (χ3n) is 6.75. The van der Waals surface area contributed by atoms with E-state index in [1.807, 2.05) is 17.2 Å². The summed E-state index contributed by atoms with van der Waals surface area (Å²) in [7, 11) is 2.16. The highest BCUT2D eigenvalue weighted by Gasteiger charge is 2.28. The lowest BCUT2D eigenvalue weighted by Crippen LogP contribution is -2.44. The van der Waals surface area contributed by atoms with Crippen molar-refractivity contribution in [2.24, 2.45) is 0 Å². The topological polar surface area (TPSA) is 65.5 Å². The van der Waals surface area contributed by atoms with Gasteiger partial charge in [0.1, 0.15) is 11.8 Å². The molecule has 3 aromatic heterocycles. The van der Waals surface area contributed by atoms with Crippen LogP contribution in [0.1, 0.15) is 45.9 Å². The van der Waals surface area contributed by atoms with E-state index in [4.69, 9.17) is 4.98 Å². The molecule has 2 aliphatic heterocycles. The second-order valence-corrected chi connectivity index (χ2v) is 9.96. The molecule has 0 atom stereocenters. The molecular weight excluding hydrogens is 420 g/mol. The van der Waals surface area contributed by atoms with E-state index in [2.05, 4.69) is 45.9 Å². The number of pyridine rings is 1. The quantitative estimate of drug-likeness (QED) is 0.607. The van der Waals surface area contributed by atoms with Gasteiger partial charge < -0.3 is 14.7 Å².